The zero-order chi connectivity index (χ0) is 31.3. The summed E-state index contributed by atoms with van der Waals surface area (Å²) in [5, 5.41) is 2.46. The van der Waals surface area contributed by atoms with Gasteiger partial charge >= 0.3 is 6.01 Å². The number of morpholine rings is 1. The summed E-state index contributed by atoms with van der Waals surface area (Å²) in [4.78, 5) is 34.8. The van der Waals surface area contributed by atoms with Gasteiger partial charge in [-0.05, 0) is 43.5 Å². The van der Waals surface area contributed by atoms with Crippen molar-refractivity contribution in [1.29, 1.82) is 0 Å². The molecule has 3 aliphatic rings. The monoisotopic (exact) mass is 613 g/mol. The van der Waals surface area contributed by atoms with Crippen molar-refractivity contribution >= 4 is 28.2 Å². The number of halogens is 1. The summed E-state index contributed by atoms with van der Waals surface area (Å²) < 4.78 is 24.9. The number of carbonyl (C=O) groups excluding carboxylic acids is 1. The number of aromatic nitrogens is 2. The second-order valence-electron chi connectivity index (χ2n) is 12.0. The third-order valence-corrected chi connectivity index (χ3v) is 8.91. The van der Waals surface area contributed by atoms with Crippen LogP contribution in [0.25, 0.3) is 15.6 Å². The minimum atomic E-state index is -0.702. The zero-order valence-corrected chi connectivity index (χ0v) is 26.0. The van der Waals surface area contributed by atoms with E-state index in [0.717, 1.165) is 43.1 Å². The Kier molecular flexibility index (Phi) is 9.42. The number of likely N-dealkylation sites (N-methyl/N-ethyl adjacent to an activating group) is 1. The number of fused-ring (bicyclic) bond motifs is 2. The van der Waals surface area contributed by atoms with Gasteiger partial charge in [0.2, 0.25) is 12.5 Å². The van der Waals surface area contributed by atoms with Crippen molar-refractivity contribution in [2.24, 2.45) is 0 Å². The van der Waals surface area contributed by atoms with Gasteiger partial charge in [0.05, 0.1) is 18.8 Å². The van der Waals surface area contributed by atoms with E-state index in [0.29, 0.717) is 45.4 Å². The van der Waals surface area contributed by atoms with E-state index in [1.165, 1.54) is 34.2 Å². The normalized spacial score (nSPS) is 20.8. The number of piperazine rings is 1. The Balaban J connectivity index is 1.31. The van der Waals surface area contributed by atoms with Gasteiger partial charge in [0, 0.05) is 62.0 Å². The maximum absolute atomic E-state index is 12.8. The molecule has 3 aliphatic heterocycles. The summed E-state index contributed by atoms with van der Waals surface area (Å²) in [6, 6.07) is 12.8. The molecule has 236 valence electrons. The summed E-state index contributed by atoms with van der Waals surface area (Å²) >= 11 is 0. The first kappa shape index (κ1) is 30.7. The molecular weight excluding hydrogens is 573 g/mol. The van der Waals surface area contributed by atoms with E-state index in [4.69, 9.17) is 26.0 Å². The number of nitrogens with zero attached hydrogens (tertiary/aromatic N) is 7. The fraction of sp³-hybridized carbons (Fsp3) is 0.471. The number of anilines is 2. The van der Waals surface area contributed by atoms with E-state index >= 15 is 0 Å². The van der Waals surface area contributed by atoms with Crippen molar-refractivity contribution in [2.45, 2.75) is 32.0 Å². The Bertz CT molecular complexity index is 1600. The Hall–Kier alpha value is -4.27. The Morgan fingerprint density at radius 1 is 1.13 bits per heavy atom. The van der Waals surface area contributed by atoms with Crippen molar-refractivity contribution in [2.75, 3.05) is 82.5 Å². The van der Waals surface area contributed by atoms with Crippen molar-refractivity contribution in [1.82, 2.24) is 19.8 Å². The Morgan fingerprint density at radius 2 is 1.98 bits per heavy atom. The van der Waals surface area contributed by atoms with Gasteiger partial charge in [0.15, 0.2) is 0 Å². The van der Waals surface area contributed by atoms with Crippen molar-refractivity contribution in [3.63, 3.8) is 0 Å². The average molecular weight is 614 g/mol. The van der Waals surface area contributed by atoms with Crippen LogP contribution >= 0.6 is 0 Å². The van der Waals surface area contributed by atoms with Crippen molar-refractivity contribution in [3.8, 4) is 6.01 Å². The highest BCUT2D eigenvalue weighted by molar-refractivity contribution is 5.97. The summed E-state index contributed by atoms with van der Waals surface area (Å²) in [5.41, 5.74) is 4.41. The second kappa shape index (κ2) is 13.8. The highest BCUT2D eigenvalue weighted by Crippen LogP contribution is 2.36. The largest absolute Gasteiger partial charge is 0.461 e. The van der Waals surface area contributed by atoms with Gasteiger partial charge in [-0.15, -0.1) is 0 Å². The number of rotatable bonds is 8. The average Bonchev–Trinajstić information content (AvgIpc) is 3.05. The SMILES string of the molecule is [C-]#[N+]C[C@H]1CN(c2nc(OCC3CN(C)CCO3)nc3c2CCN(c2cccc4cccc(C)c24)C3)CCN1C(=O)/C=C/CF. The van der Waals surface area contributed by atoms with Gasteiger partial charge in [0.1, 0.15) is 31.2 Å². The van der Waals surface area contributed by atoms with Gasteiger partial charge in [-0.1, -0.05) is 30.3 Å². The Morgan fingerprint density at radius 3 is 2.78 bits per heavy atom. The van der Waals surface area contributed by atoms with Gasteiger partial charge in [0.25, 0.3) is 0 Å². The molecule has 2 fully saturated rings. The number of alkyl halides is 1. The van der Waals surface area contributed by atoms with Crippen LogP contribution < -0.4 is 14.5 Å². The number of hydrogen-bond donors (Lipinski definition) is 0. The van der Waals surface area contributed by atoms with E-state index in [1.807, 2.05) is 0 Å². The van der Waals surface area contributed by atoms with Crippen molar-refractivity contribution < 1.29 is 18.7 Å². The van der Waals surface area contributed by atoms with Gasteiger partial charge in [-0.25, -0.2) is 11.0 Å². The van der Waals surface area contributed by atoms with Crippen LogP contribution in [-0.4, -0.2) is 111 Å². The van der Waals surface area contributed by atoms with Crippen LogP contribution in [0.4, 0.5) is 15.9 Å². The molecule has 3 aromatic rings. The van der Waals surface area contributed by atoms with Crippen LogP contribution in [0.5, 0.6) is 6.01 Å². The zero-order valence-electron chi connectivity index (χ0n) is 26.0. The molecule has 45 heavy (non-hydrogen) atoms. The maximum atomic E-state index is 12.8. The molecule has 10 nitrogen and oxygen atoms in total. The molecule has 0 aliphatic carbocycles. The standard InChI is InChI=1S/C34H40FN7O3/c1-24-7-4-8-25-9-5-10-30(32(24)25)40-14-12-28-29(22-40)37-34(45-23-27-21-39(3)17-18-44-27)38-33(28)41-15-16-42(26(20-41)19-36-2)31(43)11-6-13-35/h4-11,26-27H,12-23H2,1,3H3/b11-6+/t26-,27?/m0/s1. The molecule has 4 heterocycles. The second-order valence-corrected chi connectivity index (χ2v) is 12.0. The quantitative estimate of drug-likeness (QED) is 0.282. The van der Waals surface area contributed by atoms with E-state index in [1.54, 1.807) is 4.90 Å². The molecule has 2 aromatic carbocycles. The number of amides is 1. The fourth-order valence-electron chi connectivity index (χ4n) is 6.66. The molecule has 1 unspecified atom stereocenters. The minimum absolute atomic E-state index is 0.0723. The molecule has 1 amide bonds. The first-order valence-electron chi connectivity index (χ1n) is 15.6. The molecular formula is C34H40FN7O3. The molecule has 0 radical (unpaired) electrons. The van der Waals surface area contributed by atoms with E-state index in [-0.39, 0.29) is 24.6 Å². The predicted molar refractivity (Wildman–Crippen MR) is 173 cm³/mol. The molecule has 0 bridgehead atoms. The molecule has 2 atom stereocenters. The van der Waals surface area contributed by atoms with Crippen LogP contribution in [0.15, 0.2) is 48.6 Å². The molecule has 2 saturated heterocycles. The third-order valence-electron chi connectivity index (χ3n) is 8.91. The maximum Gasteiger partial charge on any atom is 0.318 e. The van der Waals surface area contributed by atoms with E-state index in [2.05, 4.69) is 69.9 Å². The lowest BCUT2D eigenvalue weighted by atomic mass is 9.99. The van der Waals surface area contributed by atoms with Crippen LogP contribution in [0.2, 0.25) is 0 Å². The molecule has 6 rings (SSSR count). The molecule has 11 heteroatoms. The third kappa shape index (κ3) is 6.72. The molecule has 1 aromatic heterocycles. The number of aryl methyl sites for hydroxylation is 1. The highest BCUT2D eigenvalue weighted by atomic mass is 19.1. The first-order valence-corrected chi connectivity index (χ1v) is 15.6. The fourth-order valence-corrected chi connectivity index (χ4v) is 6.66. The van der Waals surface area contributed by atoms with Crippen LogP contribution in [0.3, 0.4) is 0 Å². The van der Waals surface area contributed by atoms with Gasteiger partial charge in [-0.2, -0.15) is 9.97 Å². The predicted octanol–water partition coefficient (Wildman–Crippen LogP) is 3.67. The van der Waals surface area contributed by atoms with Gasteiger partial charge in [-0.3, -0.25) is 4.79 Å². The summed E-state index contributed by atoms with van der Waals surface area (Å²) in [5.74, 6) is 0.528. The number of benzene rings is 2. The first-order chi connectivity index (χ1) is 21.9. The lowest BCUT2D eigenvalue weighted by Gasteiger charge is -2.41. The molecule has 0 N–H and O–H groups in total. The summed E-state index contributed by atoms with van der Waals surface area (Å²) in [7, 11) is 2.07. The number of allylic oxidation sites excluding steroid dienone is 1. The number of carbonyl (C=O) groups is 1. The Labute approximate surface area is 263 Å². The number of hydrogen-bond acceptors (Lipinski definition) is 8. The van der Waals surface area contributed by atoms with Crippen LogP contribution in [-0.2, 0) is 22.5 Å². The lowest BCUT2D eigenvalue weighted by Crippen LogP contribution is -2.56. The number of ether oxygens (including phenoxy) is 2. The summed E-state index contributed by atoms with van der Waals surface area (Å²) in [6.45, 7) is 14.6. The van der Waals surface area contributed by atoms with Crippen LogP contribution in [0.1, 0.15) is 16.8 Å². The molecule has 0 saturated carbocycles. The molecule has 0 spiro atoms. The van der Waals surface area contributed by atoms with E-state index < -0.39 is 6.67 Å². The minimum Gasteiger partial charge on any atom is -0.461 e. The van der Waals surface area contributed by atoms with Gasteiger partial charge < -0.3 is 33.9 Å². The van der Waals surface area contributed by atoms with Crippen molar-refractivity contribution in [3.05, 3.63) is 76.8 Å². The topological polar surface area (TPSA) is 78.6 Å². The smallest absolute Gasteiger partial charge is 0.318 e. The van der Waals surface area contributed by atoms with Crippen LogP contribution in [0, 0.1) is 13.5 Å². The highest BCUT2D eigenvalue weighted by Gasteiger charge is 2.35. The summed E-state index contributed by atoms with van der Waals surface area (Å²) in [6.07, 6.45) is 3.15. The van der Waals surface area contributed by atoms with E-state index in [9.17, 15) is 9.18 Å². The lowest BCUT2D eigenvalue weighted by molar-refractivity contribution is -0.128.